The van der Waals surface area contributed by atoms with Crippen LogP contribution in [0, 0.1) is 5.92 Å². The average molecular weight is 252 g/mol. The molecule has 0 aliphatic carbocycles. The number of rotatable bonds is 4. The number of amides is 1. The van der Waals surface area contributed by atoms with Crippen LogP contribution in [0.25, 0.3) is 0 Å². The number of aryl methyl sites for hydroxylation is 1. The van der Waals surface area contributed by atoms with Gasteiger partial charge in [-0.05, 0) is 12.8 Å². The third-order valence-electron chi connectivity index (χ3n) is 3.22. The minimum Gasteiger partial charge on any atom is -0.481 e. The summed E-state index contributed by atoms with van der Waals surface area (Å²) in [4.78, 5) is 24.4. The first-order valence-corrected chi connectivity index (χ1v) is 6.01. The van der Waals surface area contributed by atoms with Gasteiger partial charge in [0.15, 0.2) is 0 Å². The number of nitrogens with zero attached hydrogens (tertiary/aromatic N) is 4. The second-order valence-electron chi connectivity index (χ2n) is 4.41. The van der Waals surface area contributed by atoms with Gasteiger partial charge in [-0.1, -0.05) is 5.21 Å². The van der Waals surface area contributed by atoms with E-state index in [1.807, 2.05) is 0 Å². The Morgan fingerprint density at radius 3 is 2.61 bits per heavy atom. The quantitative estimate of drug-likeness (QED) is 0.814. The van der Waals surface area contributed by atoms with Crippen LogP contribution >= 0.6 is 0 Å². The Morgan fingerprint density at radius 1 is 1.33 bits per heavy atom. The molecule has 0 atom stereocenters. The number of carboxylic acids is 1. The Kier molecular flexibility index (Phi) is 3.91. The van der Waals surface area contributed by atoms with Crippen LogP contribution in [-0.2, 0) is 16.1 Å². The van der Waals surface area contributed by atoms with Gasteiger partial charge in [-0.15, -0.1) is 5.10 Å². The van der Waals surface area contributed by atoms with Crippen molar-refractivity contribution in [1.29, 1.82) is 0 Å². The van der Waals surface area contributed by atoms with Crippen molar-refractivity contribution in [1.82, 2.24) is 19.9 Å². The smallest absolute Gasteiger partial charge is 0.306 e. The number of hydrogen-bond acceptors (Lipinski definition) is 4. The van der Waals surface area contributed by atoms with Crippen molar-refractivity contribution in [3.8, 4) is 0 Å². The fourth-order valence-electron chi connectivity index (χ4n) is 2.10. The predicted molar refractivity (Wildman–Crippen MR) is 61.6 cm³/mol. The molecule has 1 aromatic heterocycles. The zero-order valence-corrected chi connectivity index (χ0v) is 10.0. The SMILES string of the molecule is O=C(O)C1CCN(C(=O)CCn2ccnn2)CC1. The molecule has 7 heteroatoms. The maximum absolute atomic E-state index is 11.9. The van der Waals surface area contributed by atoms with E-state index in [0.717, 1.165) is 0 Å². The van der Waals surface area contributed by atoms with E-state index < -0.39 is 5.97 Å². The topological polar surface area (TPSA) is 88.3 Å². The van der Waals surface area contributed by atoms with Crippen LogP contribution in [0.5, 0.6) is 0 Å². The molecule has 1 amide bonds. The van der Waals surface area contributed by atoms with Gasteiger partial charge in [0.05, 0.1) is 18.7 Å². The molecule has 98 valence electrons. The molecule has 1 N–H and O–H groups in total. The van der Waals surface area contributed by atoms with Gasteiger partial charge in [-0.3, -0.25) is 14.3 Å². The van der Waals surface area contributed by atoms with Crippen LogP contribution in [0.15, 0.2) is 12.4 Å². The molecule has 18 heavy (non-hydrogen) atoms. The molecular weight excluding hydrogens is 236 g/mol. The minimum atomic E-state index is -0.760. The number of carboxylic acid groups (broad SMARTS) is 1. The first-order chi connectivity index (χ1) is 8.66. The molecule has 2 rings (SSSR count). The molecule has 0 saturated carbocycles. The lowest BCUT2D eigenvalue weighted by molar-refractivity contribution is -0.145. The summed E-state index contributed by atoms with van der Waals surface area (Å²) in [6.07, 6.45) is 4.75. The molecule has 0 radical (unpaired) electrons. The monoisotopic (exact) mass is 252 g/mol. The molecule has 1 aliphatic rings. The lowest BCUT2D eigenvalue weighted by atomic mass is 9.97. The van der Waals surface area contributed by atoms with E-state index in [0.29, 0.717) is 38.9 Å². The maximum Gasteiger partial charge on any atom is 0.306 e. The fraction of sp³-hybridized carbons (Fsp3) is 0.636. The Balaban J connectivity index is 1.75. The number of carbonyl (C=O) groups excluding carboxylic acids is 1. The Morgan fingerprint density at radius 2 is 2.06 bits per heavy atom. The summed E-state index contributed by atoms with van der Waals surface area (Å²) >= 11 is 0. The van der Waals surface area contributed by atoms with Crippen LogP contribution in [0.1, 0.15) is 19.3 Å². The number of likely N-dealkylation sites (tertiary alicyclic amines) is 1. The fourth-order valence-corrected chi connectivity index (χ4v) is 2.10. The summed E-state index contributed by atoms with van der Waals surface area (Å²) in [6.45, 7) is 1.58. The number of piperidine rings is 1. The molecule has 1 fully saturated rings. The van der Waals surface area contributed by atoms with Crippen molar-refractivity contribution in [3.05, 3.63) is 12.4 Å². The van der Waals surface area contributed by atoms with Gasteiger partial charge < -0.3 is 10.0 Å². The molecule has 0 aromatic carbocycles. The highest BCUT2D eigenvalue weighted by atomic mass is 16.4. The molecule has 0 spiro atoms. The van der Waals surface area contributed by atoms with E-state index in [1.54, 1.807) is 22.0 Å². The van der Waals surface area contributed by atoms with Crippen molar-refractivity contribution in [2.75, 3.05) is 13.1 Å². The predicted octanol–water partition coefficient (Wildman–Crippen LogP) is -0.00860. The molecule has 7 nitrogen and oxygen atoms in total. The zero-order chi connectivity index (χ0) is 13.0. The van der Waals surface area contributed by atoms with Crippen molar-refractivity contribution in [2.24, 2.45) is 5.92 Å². The highest BCUT2D eigenvalue weighted by Gasteiger charge is 2.26. The zero-order valence-electron chi connectivity index (χ0n) is 10.0. The van der Waals surface area contributed by atoms with Crippen molar-refractivity contribution in [3.63, 3.8) is 0 Å². The third kappa shape index (κ3) is 3.06. The number of aromatic nitrogens is 3. The van der Waals surface area contributed by atoms with Crippen LogP contribution < -0.4 is 0 Å². The maximum atomic E-state index is 11.9. The van der Waals surface area contributed by atoms with Crippen LogP contribution in [-0.4, -0.2) is 50.0 Å². The number of hydrogen-bond donors (Lipinski definition) is 1. The van der Waals surface area contributed by atoms with E-state index in [9.17, 15) is 9.59 Å². The van der Waals surface area contributed by atoms with Gasteiger partial charge in [-0.2, -0.15) is 0 Å². The summed E-state index contributed by atoms with van der Waals surface area (Å²) < 4.78 is 1.61. The third-order valence-corrected chi connectivity index (χ3v) is 3.22. The number of carbonyl (C=O) groups is 2. The second-order valence-corrected chi connectivity index (χ2v) is 4.41. The van der Waals surface area contributed by atoms with E-state index in [4.69, 9.17) is 5.11 Å². The van der Waals surface area contributed by atoms with Gasteiger partial charge in [0.2, 0.25) is 5.91 Å². The lowest BCUT2D eigenvalue weighted by Crippen LogP contribution is -2.40. The number of aliphatic carboxylic acids is 1. The van der Waals surface area contributed by atoms with Crippen molar-refractivity contribution >= 4 is 11.9 Å². The van der Waals surface area contributed by atoms with Gasteiger partial charge in [0, 0.05) is 25.7 Å². The summed E-state index contributed by atoms with van der Waals surface area (Å²) in [7, 11) is 0. The largest absolute Gasteiger partial charge is 0.481 e. The van der Waals surface area contributed by atoms with Crippen molar-refractivity contribution < 1.29 is 14.7 Å². The Hall–Kier alpha value is -1.92. The molecule has 1 aromatic rings. The summed E-state index contributed by atoms with van der Waals surface area (Å²) in [6, 6.07) is 0. The minimum absolute atomic E-state index is 0.0503. The van der Waals surface area contributed by atoms with E-state index in [1.165, 1.54) is 0 Å². The van der Waals surface area contributed by atoms with E-state index in [-0.39, 0.29) is 11.8 Å². The van der Waals surface area contributed by atoms with Crippen molar-refractivity contribution in [2.45, 2.75) is 25.8 Å². The molecule has 1 aliphatic heterocycles. The first-order valence-electron chi connectivity index (χ1n) is 6.01. The average Bonchev–Trinajstić information content (AvgIpc) is 2.89. The van der Waals surface area contributed by atoms with E-state index >= 15 is 0 Å². The summed E-state index contributed by atoms with van der Waals surface area (Å²) in [5.74, 6) is -1.01. The molecule has 0 unspecified atom stereocenters. The molecule has 0 bridgehead atoms. The Labute approximate surface area is 104 Å². The summed E-state index contributed by atoms with van der Waals surface area (Å²) in [5, 5.41) is 16.3. The van der Waals surface area contributed by atoms with Gasteiger partial charge in [-0.25, -0.2) is 0 Å². The molecular formula is C11H16N4O3. The molecule has 2 heterocycles. The van der Waals surface area contributed by atoms with Gasteiger partial charge in [0.25, 0.3) is 0 Å². The second kappa shape index (κ2) is 5.61. The highest BCUT2D eigenvalue weighted by Crippen LogP contribution is 2.17. The van der Waals surface area contributed by atoms with Crippen LogP contribution in [0.3, 0.4) is 0 Å². The molecule has 1 saturated heterocycles. The normalized spacial score (nSPS) is 16.8. The lowest BCUT2D eigenvalue weighted by Gasteiger charge is -2.30. The van der Waals surface area contributed by atoms with Gasteiger partial charge >= 0.3 is 5.97 Å². The van der Waals surface area contributed by atoms with E-state index in [2.05, 4.69) is 10.3 Å². The summed E-state index contributed by atoms with van der Waals surface area (Å²) in [5.41, 5.74) is 0. The standard InChI is InChI=1S/C11H16N4O3/c16-10(3-7-15-8-4-12-13-15)14-5-1-9(2-6-14)11(17)18/h4,8-9H,1-3,5-7H2,(H,17,18). The van der Waals surface area contributed by atoms with Crippen LogP contribution in [0.2, 0.25) is 0 Å². The van der Waals surface area contributed by atoms with Gasteiger partial charge in [0.1, 0.15) is 0 Å². The highest BCUT2D eigenvalue weighted by molar-refractivity contribution is 5.77. The van der Waals surface area contributed by atoms with Crippen LogP contribution in [0.4, 0.5) is 0 Å². The first kappa shape index (κ1) is 12.5. The Bertz CT molecular complexity index is 410.